The van der Waals surface area contributed by atoms with E-state index < -0.39 is 0 Å². The van der Waals surface area contributed by atoms with Crippen LogP contribution in [0.15, 0.2) is 48.8 Å². The molecular formula is C18H20N4O. The fourth-order valence-corrected chi connectivity index (χ4v) is 2.80. The van der Waals surface area contributed by atoms with Crippen LogP contribution in [0.5, 0.6) is 0 Å². The topological polar surface area (TPSA) is 52.7 Å². The molecule has 3 aromatic rings. The van der Waals surface area contributed by atoms with Crippen LogP contribution in [-0.2, 0) is 12.8 Å². The van der Waals surface area contributed by atoms with Crippen molar-refractivity contribution >= 4 is 6.03 Å². The van der Waals surface area contributed by atoms with Crippen molar-refractivity contribution in [1.29, 1.82) is 0 Å². The first-order chi connectivity index (χ1) is 11.3. The fraction of sp³-hybridized carbons (Fsp3) is 0.278. The molecule has 0 aliphatic heterocycles. The van der Waals surface area contributed by atoms with Crippen molar-refractivity contribution < 1.29 is 4.79 Å². The van der Waals surface area contributed by atoms with E-state index in [1.165, 1.54) is 9.36 Å². The summed E-state index contributed by atoms with van der Waals surface area (Å²) in [5.41, 5.74) is 4.02. The Balaban J connectivity index is 2.20. The van der Waals surface area contributed by atoms with E-state index in [9.17, 15) is 4.79 Å². The van der Waals surface area contributed by atoms with E-state index in [1.807, 2.05) is 30.3 Å². The highest BCUT2D eigenvalue weighted by Crippen LogP contribution is 2.28. The van der Waals surface area contributed by atoms with E-state index >= 15 is 0 Å². The van der Waals surface area contributed by atoms with Crippen molar-refractivity contribution in [2.24, 2.45) is 0 Å². The molecule has 0 saturated heterocycles. The molecule has 0 spiro atoms. The molecule has 0 atom stereocenters. The van der Waals surface area contributed by atoms with Gasteiger partial charge in [0, 0.05) is 23.5 Å². The van der Waals surface area contributed by atoms with Crippen LogP contribution in [0.25, 0.3) is 11.3 Å². The number of nitrogens with zero attached hydrogens (tertiary/aromatic N) is 4. The van der Waals surface area contributed by atoms with Crippen LogP contribution in [-0.4, -0.2) is 25.6 Å². The molecule has 0 amide bonds. The number of carbonyl (C=O) groups excluding carboxylic acids is 1. The van der Waals surface area contributed by atoms with Crippen LogP contribution in [0.2, 0.25) is 0 Å². The quantitative estimate of drug-likeness (QED) is 0.737. The highest BCUT2D eigenvalue weighted by atomic mass is 16.2. The summed E-state index contributed by atoms with van der Waals surface area (Å²) < 4.78 is 2.81. The lowest BCUT2D eigenvalue weighted by atomic mass is 10.0. The van der Waals surface area contributed by atoms with Crippen molar-refractivity contribution in [3.63, 3.8) is 0 Å². The molecule has 2 heterocycles. The minimum atomic E-state index is -0.258. The summed E-state index contributed by atoms with van der Waals surface area (Å²) in [6.07, 6.45) is 5.95. The van der Waals surface area contributed by atoms with Gasteiger partial charge in [-0.15, -0.1) is 0 Å². The van der Waals surface area contributed by atoms with Crippen molar-refractivity contribution in [3.05, 3.63) is 60.0 Å². The van der Waals surface area contributed by atoms with E-state index in [4.69, 9.17) is 0 Å². The molecule has 0 aliphatic carbocycles. The highest BCUT2D eigenvalue weighted by molar-refractivity contribution is 5.84. The molecule has 0 saturated carbocycles. The van der Waals surface area contributed by atoms with Gasteiger partial charge in [0.25, 0.3) is 0 Å². The first-order valence-electron chi connectivity index (χ1n) is 7.96. The van der Waals surface area contributed by atoms with Crippen LogP contribution in [0.4, 0.5) is 4.79 Å². The van der Waals surface area contributed by atoms with Crippen LogP contribution < -0.4 is 0 Å². The summed E-state index contributed by atoms with van der Waals surface area (Å²) in [6.45, 7) is 4.21. The lowest BCUT2D eigenvalue weighted by Gasteiger charge is -2.08. The number of aromatic nitrogens is 4. The summed E-state index contributed by atoms with van der Waals surface area (Å²) in [6, 6.07) is 11.4. The molecular weight excluding hydrogens is 288 g/mol. The predicted molar refractivity (Wildman–Crippen MR) is 89.5 cm³/mol. The first-order valence-corrected chi connectivity index (χ1v) is 7.96. The van der Waals surface area contributed by atoms with E-state index in [2.05, 4.69) is 24.0 Å². The fourth-order valence-electron chi connectivity index (χ4n) is 2.80. The minimum absolute atomic E-state index is 0.258. The van der Waals surface area contributed by atoms with Gasteiger partial charge in [0.15, 0.2) is 0 Å². The van der Waals surface area contributed by atoms with Gasteiger partial charge in [-0.3, -0.25) is 0 Å². The molecule has 0 N–H and O–H groups in total. The summed E-state index contributed by atoms with van der Waals surface area (Å²) >= 11 is 0. The number of hydrogen-bond acceptors (Lipinski definition) is 3. The Kier molecular flexibility index (Phi) is 4.37. The van der Waals surface area contributed by atoms with Gasteiger partial charge >= 0.3 is 6.03 Å². The summed E-state index contributed by atoms with van der Waals surface area (Å²) in [5, 5.41) is 8.63. The Labute approximate surface area is 135 Å². The number of carbonyl (C=O) groups is 1. The molecule has 3 rings (SSSR count). The minimum Gasteiger partial charge on any atom is -0.244 e. The predicted octanol–water partition coefficient (Wildman–Crippen LogP) is 3.78. The van der Waals surface area contributed by atoms with Crippen LogP contribution in [0.1, 0.15) is 31.5 Å². The zero-order valence-electron chi connectivity index (χ0n) is 13.4. The van der Waals surface area contributed by atoms with Crippen LogP contribution >= 0.6 is 0 Å². The van der Waals surface area contributed by atoms with Crippen molar-refractivity contribution in [3.8, 4) is 11.3 Å². The van der Waals surface area contributed by atoms with Gasteiger partial charge in [0.1, 0.15) is 0 Å². The third-order valence-corrected chi connectivity index (χ3v) is 3.83. The number of hydrogen-bond donors (Lipinski definition) is 0. The SMILES string of the molecule is CCCc1c(CC)nn(C(=O)n2cccn2)c1-c1ccccc1. The Hall–Kier alpha value is -2.69. The van der Waals surface area contributed by atoms with E-state index in [1.54, 1.807) is 18.5 Å². The van der Waals surface area contributed by atoms with Gasteiger partial charge in [-0.05, 0) is 18.9 Å². The molecule has 2 aromatic heterocycles. The van der Waals surface area contributed by atoms with Gasteiger partial charge in [-0.25, -0.2) is 4.79 Å². The average Bonchev–Trinajstić information content (AvgIpc) is 3.23. The maximum absolute atomic E-state index is 12.8. The van der Waals surface area contributed by atoms with Crippen LogP contribution in [0, 0.1) is 0 Å². The van der Waals surface area contributed by atoms with Gasteiger partial charge in [0.05, 0.1) is 11.4 Å². The molecule has 0 bridgehead atoms. The summed E-state index contributed by atoms with van der Waals surface area (Å²) in [4.78, 5) is 12.8. The van der Waals surface area contributed by atoms with Gasteiger partial charge in [-0.2, -0.15) is 19.6 Å². The zero-order chi connectivity index (χ0) is 16.2. The Bertz CT molecular complexity index is 788. The first kappa shape index (κ1) is 15.2. The third kappa shape index (κ3) is 2.82. The standard InChI is InChI=1S/C18H20N4O/c1-3-9-15-16(4-2)20-22(18(23)21-13-8-12-19-21)17(15)14-10-6-5-7-11-14/h5-8,10-13H,3-4,9H2,1-2H3. The molecule has 0 unspecified atom stereocenters. The van der Waals surface area contributed by atoms with E-state index in [0.29, 0.717) is 0 Å². The molecule has 23 heavy (non-hydrogen) atoms. The third-order valence-electron chi connectivity index (χ3n) is 3.83. The molecule has 5 heteroatoms. The smallest absolute Gasteiger partial charge is 0.244 e. The number of benzene rings is 1. The Morgan fingerprint density at radius 3 is 2.52 bits per heavy atom. The summed E-state index contributed by atoms with van der Waals surface area (Å²) in [5.74, 6) is 0. The number of rotatable bonds is 4. The maximum Gasteiger partial charge on any atom is 0.369 e. The van der Waals surface area contributed by atoms with Gasteiger partial charge in [-0.1, -0.05) is 50.6 Å². The average molecular weight is 308 g/mol. The molecule has 5 nitrogen and oxygen atoms in total. The second kappa shape index (κ2) is 6.60. The molecule has 0 aliphatic rings. The lowest BCUT2D eigenvalue weighted by molar-refractivity contribution is 0.238. The molecule has 1 aromatic carbocycles. The van der Waals surface area contributed by atoms with Crippen molar-refractivity contribution in [1.82, 2.24) is 19.6 Å². The van der Waals surface area contributed by atoms with Gasteiger partial charge < -0.3 is 0 Å². The van der Waals surface area contributed by atoms with Crippen molar-refractivity contribution in [2.75, 3.05) is 0 Å². The maximum atomic E-state index is 12.8. The van der Waals surface area contributed by atoms with Crippen LogP contribution in [0.3, 0.4) is 0 Å². The highest BCUT2D eigenvalue weighted by Gasteiger charge is 2.22. The van der Waals surface area contributed by atoms with Gasteiger partial charge in [0.2, 0.25) is 0 Å². The zero-order valence-corrected chi connectivity index (χ0v) is 13.4. The molecule has 118 valence electrons. The van der Waals surface area contributed by atoms with E-state index in [-0.39, 0.29) is 6.03 Å². The number of aryl methyl sites for hydroxylation is 1. The normalized spacial score (nSPS) is 10.9. The van der Waals surface area contributed by atoms with E-state index in [0.717, 1.165) is 41.8 Å². The molecule has 0 radical (unpaired) electrons. The lowest BCUT2D eigenvalue weighted by Crippen LogP contribution is -2.22. The van der Waals surface area contributed by atoms with Crippen molar-refractivity contribution in [2.45, 2.75) is 33.1 Å². The molecule has 0 fully saturated rings. The second-order valence-electron chi connectivity index (χ2n) is 5.39. The monoisotopic (exact) mass is 308 g/mol. The Morgan fingerprint density at radius 1 is 1.13 bits per heavy atom. The Morgan fingerprint density at radius 2 is 1.91 bits per heavy atom. The summed E-state index contributed by atoms with van der Waals surface area (Å²) in [7, 11) is 0. The second-order valence-corrected chi connectivity index (χ2v) is 5.39. The largest absolute Gasteiger partial charge is 0.369 e.